The van der Waals surface area contributed by atoms with Crippen molar-refractivity contribution in [3.63, 3.8) is 0 Å². The highest BCUT2D eigenvalue weighted by molar-refractivity contribution is 9.10. The third-order valence-electron chi connectivity index (χ3n) is 8.52. The monoisotopic (exact) mass is 668 g/mol. The lowest BCUT2D eigenvalue weighted by Gasteiger charge is -2.25. The minimum atomic E-state index is -1.34. The second-order valence-corrected chi connectivity index (χ2v) is 13.0. The van der Waals surface area contributed by atoms with Crippen LogP contribution >= 0.6 is 27.3 Å². The molecular formula is C31H33BrN4O6S. The van der Waals surface area contributed by atoms with Gasteiger partial charge in [-0.2, -0.15) is 0 Å². The van der Waals surface area contributed by atoms with Crippen LogP contribution in [0, 0.1) is 5.92 Å². The number of pyridine rings is 1. The van der Waals surface area contributed by atoms with Crippen LogP contribution in [-0.2, 0) is 14.4 Å². The van der Waals surface area contributed by atoms with Gasteiger partial charge in [0.1, 0.15) is 39.9 Å². The summed E-state index contributed by atoms with van der Waals surface area (Å²) in [6.07, 6.45) is 10.6. The third-order valence-corrected chi connectivity index (χ3v) is 10.1. The molecule has 2 fully saturated rings. The van der Waals surface area contributed by atoms with E-state index in [9.17, 15) is 19.5 Å². The summed E-state index contributed by atoms with van der Waals surface area (Å²) in [5, 5.41) is 16.2. The molecule has 0 radical (unpaired) electrons. The molecule has 1 saturated carbocycles. The lowest BCUT2D eigenvalue weighted by atomic mass is 10.1. The first kappa shape index (κ1) is 29.6. The fraction of sp³-hybridized carbons (Fsp3) is 0.452. The number of rotatable bonds is 5. The first-order valence-electron chi connectivity index (χ1n) is 14.6. The number of ether oxygens (including phenoxy) is 2. The number of hydrogen-bond acceptors (Lipinski definition) is 8. The molecular weight excluding hydrogens is 636 g/mol. The van der Waals surface area contributed by atoms with E-state index in [0.717, 1.165) is 42.5 Å². The summed E-state index contributed by atoms with van der Waals surface area (Å²) in [4.78, 5) is 50.2. The smallest absolute Gasteiger partial charge is 0.330 e. The van der Waals surface area contributed by atoms with Gasteiger partial charge >= 0.3 is 5.97 Å². The number of allylic oxidation sites excluding steroid dienone is 1. The molecule has 1 aromatic carbocycles. The van der Waals surface area contributed by atoms with E-state index in [1.807, 2.05) is 35.7 Å². The normalized spacial score (nSPS) is 26.2. The SMILES string of the molecule is COc1ccc2c(O[C@@H]3C[C@H]4C(=O)N[C@]5(C(=O)O)C[C@H]5C=CCCCCCCC(=O)N4C3)cc(-c3nccs3)nc2c1Br. The maximum atomic E-state index is 13.7. The first-order chi connectivity index (χ1) is 20.8. The fourth-order valence-corrected chi connectivity index (χ4v) is 7.27. The number of amides is 2. The van der Waals surface area contributed by atoms with E-state index in [2.05, 4.69) is 26.2 Å². The molecule has 0 unspecified atom stereocenters. The lowest BCUT2D eigenvalue weighted by Crippen LogP contribution is -2.53. The van der Waals surface area contributed by atoms with Crippen LogP contribution in [0.15, 0.2) is 46.4 Å². The Morgan fingerprint density at radius 3 is 2.81 bits per heavy atom. The van der Waals surface area contributed by atoms with E-state index in [4.69, 9.17) is 14.5 Å². The van der Waals surface area contributed by atoms with Crippen molar-refractivity contribution in [2.24, 2.45) is 5.92 Å². The standard InChI is InChI=1S/C31H33BrN4O6S/c1-41-23-11-10-20-24(15-21(29-33-12-13-43-29)34-27(20)26(23)32)42-19-14-22-28(38)35-31(30(39)40)16-18(31)8-6-4-2-3-5-7-9-25(37)36(22)17-19/h6,8,10-13,15,18-19,22H,2-5,7,9,14,16-17H2,1H3,(H,35,38)(H,39,40)/t18-,19-,22+,31-/m1/s1. The predicted octanol–water partition coefficient (Wildman–Crippen LogP) is 5.35. The van der Waals surface area contributed by atoms with Gasteiger partial charge < -0.3 is 24.8 Å². The van der Waals surface area contributed by atoms with E-state index in [0.29, 0.717) is 40.0 Å². The van der Waals surface area contributed by atoms with E-state index < -0.39 is 29.6 Å². The summed E-state index contributed by atoms with van der Waals surface area (Å²) in [5.74, 6) is -0.720. The van der Waals surface area contributed by atoms with Gasteiger partial charge in [0.25, 0.3) is 0 Å². The van der Waals surface area contributed by atoms with Crippen LogP contribution in [0.3, 0.4) is 0 Å². The molecule has 226 valence electrons. The number of carboxylic acid groups (broad SMARTS) is 1. The molecule has 4 heterocycles. The van der Waals surface area contributed by atoms with Crippen molar-refractivity contribution in [1.29, 1.82) is 0 Å². The Morgan fingerprint density at radius 1 is 1.21 bits per heavy atom. The van der Waals surface area contributed by atoms with Crippen LogP contribution in [0.5, 0.6) is 11.5 Å². The molecule has 1 aliphatic carbocycles. The molecule has 1 saturated heterocycles. The minimum Gasteiger partial charge on any atom is -0.495 e. The van der Waals surface area contributed by atoms with Gasteiger partial charge in [-0.15, -0.1) is 11.3 Å². The van der Waals surface area contributed by atoms with Crippen molar-refractivity contribution >= 4 is 56.0 Å². The van der Waals surface area contributed by atoms with Crippen LogP contribution in [0.1, 0.15) is 51.4 Å². The zero-order valence-electron chi connectivity index (χ0n) is 23.8. The highest BCUT2D eigenvalue weighted by Gasteiger charge is 2.61. The second-order valence-electron chi connectivity index (χ2n) is 11.3. The number of methoxy groups -OCH3 is 1. The Hall–Kier alpha value is -3.51. The number of aliphatic carboxylic acids is 1. The molecule has 0 spiro atoms. The van der Waals surface area contributed by atoms with Crippen LogP contribution in [0.25, 0.3) is 21.6 Å². The van der Waals surface area contributed by atoms with Crippen molar-refractivity contribution in [3.8, 4) is 22.2 Å². The Labute approximate surface area is 261 Å². The number of nitrogens with zero attached hydrogens (tertiary/aromatic N) is 3. The maximum Gasteiger partial charge on any atom is 0.330 e. The predicted molar refractivity (Wildman–Crippen MR) is 165 cm³/mol. The summed E-state index contributed by atoms with van der Waals surface area (Å²) in [6.45, 7) is 0.216. The van der Waals surface area contributed by atoms with Gasteiger partial charge in [0.2, 0.25) is 11.8 Å². The largest absolute Gasteiger partial charge is 0.495 e. The van der Waals surface area contributed by atoms with Crippen LogP contribution in [0.4, 0.5) is 0 Å². The molecule has 2 amide bonds. The van der Waals surface area contributed by atoms with E-state index in [-0.39, 0.29) is 24.8 Å². The molecule has 43 heavy (non-hydrogen) atoms. The number of thiazole rings is 1. The van der Waals surface area contributed by atoms with Gasteiger partial charge in [-0.1, -0.05) is 25.0 Å². The molecule has 2 N–H and O–H groups in total. The number of carboxylic acids is 1. The molecule has 6 rings (SSSR count). The molecule has 4 atom stereocenters. The number of fused-ring (bicyclic) bond motifs is 3. The minimum absolute atomic E-state index is 0.119. The summed E-state index contributed by atoms with van der Waals surface area (Å²) in [7, 11) is 1.59. The molecule has 10 nitrogen and oxygen atoms in total. The average molecular weight is 670 g/mol. The van der Waals surface area contributed by atoms with Crippen LogP contribution in [-0.4, -0.2) is 69.1 Å². The molecule has 0 bridgehead atoms. The Bertz CT molecular complexity index is 1580. The summed E-state index contributed by atoms with van der Waals surface area (Å²) in [5.41, 5.74) is -0.0688. The molecule has 2 aromatic heterocycles. The second kappa shape index (κ2) is 12.2. The number of hydrogen-bond donors (Lipinski definition) is 2. The van der Waals surface area contributed by atoms with Gasteiger partial charge in [0.05, 0.1) is 23.6 Å². The Kier molecular flexibility index (Phi) is 8.41. The lowest BCUT2D eigenvalue weighted by molar-refractivity contribution is -0.145. The molecule has 3 aliphatic rings. The van der Waals surface area contributed by atoms with Crippen molar-refractivity contribution < 1.29 is 29.0 Å². The summed E-state index contributed by atoms with van der Waals surface area (Å²) < 4.78 is 12.7. The third kappa shape index (κ3) is 5.86. The van der Waals surface area contributed by atoms with E-state index in [1.165, 1.54) is 11.3 Å². The fourth-order valence-electron chi connectivity index (χ4n) is 6.07. The topological polar surface area (TPSA) is 131 Å². The van der Waals surface area contributed by atoms with E-state index in [1.54, 1.807) is 18.2 Å². The van der Waals surface area contributed by atoms with Gasteiger partial charge in [-0.05, 0) is 53.7 Å². The number of halogens is 1. The van der Waals surface area contributed by atoms with E-state index >= 15 is 0 Å². The highest BCUT2D eigenvalue weighted by Crippen LogP contribution is 2.46. The molecule has 2 aliphatic heterocycles. The van der Waals surface area contributed by atoms with Crippen molar-refractivity contribution in [2.75, 3.05) is 13.7 Å². The van der Waals surface area contributed by atoms with Crippen LogP contribution < -0.4 is 14.8 Å². The van der Waals surface area contributed by atoms with Gasteiger partial charge in [0.15, 0.2) is 0 Å². The van der Waals surface area contributed by atoms with Crippen molar-refractivity contribution in [3.05, 3.63) is 46.4 Å². The zero-order valence-corrected chi connectivity index (χ0v) is 26.2. The molecule has 12 heteroatoms. The zero-order chi connectivity index (χ0) is 30.1. The first-order valence-corrected chi connectivity index (χ1v) is 16.2. The molecule has 3 aromatic rings. The average Bonchev–Trinajstić information content (AvgIpc) is 3.32. The van der Waals surface area contributed by atoms with Crippen molar-refractivity contribution in [2.45, 2.75) is 69.1 Å². The number of carbonyl (C=O) groups excluding carboxylic acids is 2. The Balaban J connectivity index is 1.31. The number of carbonyl (C=O) groups is 3. The number of nitrogens with one attached hydrogen (secondary N) is 1. The summed E-state index contributed by atoms with van der Waals surface area (Å²) in [6, 6.07) is 4.70. The summed E-state index contributed by atoms with van der Waals surface area (Å²) >= 11 is 5.08. The number of benzene rings is 1. The van der Waals surface area contributed by atoms with Gasteiger partial charge in [0, 0.05) is 41.8 Å². The maximum absolute atomic E-state index is 13.7. The number of aromatic nitrogens is 2. The van der Waals surface area contributed by atoms with Crippen LogP contribution in [0.2, 0.25) is 0 Å². The van der Waals surface area contributed by atoms with Gasteiger partial charge in [-0.25, -0.2) is 14.8 Å². The van der Waals surface area contributed by atoms with Gasteiger partial charge in [-0.3, -0.25) is 9.59 Å². The van der Waals surface area contributed by atoms with Crippen molar-refractivity contribution in [1.82, 2.24) is 20.2 Å². The highest BCUT2D eigenvalue weighted by atomic mass is 79.9. The Morgan fingerprint density at radius 2 is 2.05 bits per heavy atom. The quantitative estimate of drug-likeness (QED) is 0.348.